The standard InChI is InChI=1S/C4H6O2.CHClO2/c1-3(2)4(5)6;2-1(3)4/h1H2,2H3,(H,5,6);(H,3,4). The van der Waals surface area contributed by atoms with Crippen LogP contribution in [-0.4, -0.2) is 21.6 Å². The molecule has 0 aliphatic carbocycles. The van der Waals surface area contributed by atoms with Crippen LogP contribution in [0, 0.1) is 0 Å². The van der Waals surface area contributed by atoms with Gasteiger partial charge in [0, 0.05) is 17.2 Å². The van der Waals surface area contributed by atoms with Crippen molar-refractivity contribution in [1.82, 2.24) is 0 Å². The summed E-state index contributed by atoms with van der Waals surface area (Å²) in [6, 6.07) is 0. The van der Waals surface area contributed by atoms with Gasteiger partial charge in [0.25, 0.3) is 0 Å². The lowest BCUT2D eigenvalue weighted by Gasteiger charge is -1.79. The van der Waals surface area contributed by atoms with Gasteiger partial charge in [0.2, 0.25) is 0 Å². The normalized spacial score (nSPS) is 7.00. The summed E-state index contributed by atoms with van der Waals surface area (Å²) in [7, 11) is 0. The maximum Gasteiger partial charge on any atom is 0.401 e. The molecule has 0 aliphatic rings. The van der Waals surface area contributed by atoms with Gasteiger partial charge in [0.05, 0.1) is 0 Å². The molecular formula is C5H7ClO4. The second kappa shape index (κ2) is 6.10. The predicted molar refractivity (Wildman–Crippen MR) is 36.3 cm³/mol. The zero-order valence-corrected chi connectivity index (χ0v) is 6.05. The van der Waals surface area contributed by atoms with Crippen LogP contribution >= 0.6 is 11.6 Å². The quantitative estimate of drug-likeness (QED) is 0.458. The molecule has 0 aliphatic heterocycles. The van der Waals surface area contributed by atoms with Crippen molar-refractivity contribution < 1.29 is 19.8 Å². The average molecular weight is 167 g/mol. The fourth-order valence-electron chi connectivity index (χ4n) is 0. The molecule has 5 heteroatoms. The third-order valence-corrected chi connectivity index (χ3v) is 0.365. The Kier molecular flexibility index (Phi) is 7.15. The van der Waals surface area contributed by atoms with Crippen LogP contribution in [0.15, 0.2) is 12.2 Å². The maximum absolute atomic E-state index is 9.60. The molecule has 0 saturated heterocycles. The highest BCUT2D eigenvalue weighted by atomic mass is 35.5. The van der Waals surface area contributed by atoms with Crippen molar-refractivity contribution in [3.8, 4) is 0 Å². The Balaban J connectivity index is 0. The van der Waals surface area contributed by atoms with Crippen molar-refractivity contribution in [1.29, 1.82) is 0 Å². The van der Waals surface area contributed by atoms with Crippen LogP contribution < -0.4 is 0 Å². The van der Waals surface area contributed by atoms with Gasteiger partial charge in [-0.1, -0.05) is 6.58 Å². The van der Waals surface area contributed by atoms with E-state index in [1.54, 1.807) is 0 Å². The first-order chi connectivity index (χ1) is 4.37. The largest absolute Gasteiger partial charge is 0.478 e. The first kappa shape index (κ1) is 11.7. The minimum Gasteiger partial charge on any atom is -0.478 e. The topological polar surface area (TPSA) is 74.6 Å². The van der Waals surface area contributed by atoms with Crippen molar-refractivity contribution in [3.05, 3.63) is 12.2 Å². The monoisotopic (exact) mass is 166 g/mol. The lowest BCUT2D eigenvalue weighted by atomic mass is 10.4. The van der Waals surface area contributed by atoms with E-state index < -0.39 is 11.4 Å². The molecule has 0 spiro atoms. The Morgan fingerprint density at radius 1 is 1.40 bits per heavy atom. The molecule has 10 heavy (non-hydrogen) atoms. The molecule has 0 aromatic carbocycles. The number of aliphatic carboxylic acids is 1. The van der Waals surface area contributed by atoms with Gasteiger partial charge in [-0.05, 0) is 6.92 Å². The lowest BCUT2D eigenvalue weighted by molar-refractivity contribution is -0.132. The zero-order valence-electron chi connectivity index (χ0n) is 5.30. The Hall–Kier alpha value is -1.03. The number of hydrogen-bond acceptors (Lipinski definition) is 2. The number of rotatable bonds is 1. The molecule has 4 nitrogen and oxygen atoms in total. The summed E-state index contributed by atoms with van der Waals surface area (Å²) in [6.45, 7) is 4.60. The smallest absolute Gasteiger partial charge is 0.401 e. The van der Waals surface area contributed by atoms with Crippen molar-refractivity contribution in [2.24, 2.45) is 0 Å². The highest BCUT2D eigenvalue weighted by Crippen LogP contribution is 1.81. The van der Waals surface area contributed by atoms with Gasteiger partial charge in [0.1, 0.15) is 0 Å². The summed E-state index contributed by atoms with van der Waals surface area (Å²) in [4.78, 5) is 18.4. The molecule has 58 valence electrons. The molecule has 0 amide bonds. The molecule has 0 aromatic heterocycles. The average Bonchev–Trinajstić information content (AvgIpc) is 1.63. The Morgan fingerprint density at radius 3 is 1.50 bits per heavy atom. The van der Waals surface area contributed by atoms with E-state index >= 15 is 0 Å². The van der Waals surface area contributed by atoms with E-state index in [-0.39, 0.29) is 5.57 Å². The second-order valence-corrected chi connectivity index (χ2v) is 1.66. The van der Waals surface area contributed by atoms with Gasteiger partial charge in [-0.2, -0.15) is 0 Å². The minimum atomic E-state index is -1.36. The summed E-state index contributed by atoms with van der Waals surface area (Å²) in [5.74, 6) is -0.935. The van der Waals surface area contributed by atoms with Gasteiger partial charge in [-0.15, -0.1) is 0 Å². The molecule has 0 radical (unpaired) electrons. The minimum absolute atomic E-state index is 0.176. The summed E-state index contributed by atoms with van der Waals surface area (Å²) in [5, 5.41) is 15.1. The summed E-state index contributed by atoms with van der Waals surface area (Å²) < 4.78 is 0. The molecule has 0 fully saturated rings. The summed E-state index contributed by atoms with van der Waals surface area (Å²) >= 11 is 4.19. The first-order valence-corrected chi connectivity index (χ1v) is 2.53. The van der Waals surface area contributed by atoms with Crippen LogP contribution in [0.4, 0.5) is 4.79 Å². The molecule has 0 unspecified atom stereocenters. The van der Waals surface area contributed by atoms with Crippen molar-refractivity contribution in [2.75, 3.05) is 0 Å². The van der Waals surface area contributed by atoms with Crippen LogP contribution in [0.2, 0.25) is 0 Å². The van der Waals surface area contributed by atoms with Gasteiger partial charge >= 0.3 is 11.4 Å². The lowest BCUT2D eigenvalue weighted by Crippen LogP contribution is -1.92. The Labute approximate surface area is 62.7 Å². The third-order valence-electron chi connectivity index (χ3n) is 0.365. The highest BCUT2D eigenvalue weighted by molar-refractivity contribution is 6.60. The van der Waals surface area contributed by atoms with E-state index in [2.05, 4.69) is 18.2 Å². The number of carboxylic acid groups (broad SMARTS) is 2. The van der Waals surface area contributed by atoms with Crippen molar-refractivity contribution in [2.45, 2.75) is 6.92 Å². The molecule has 0 rings (SSSR count). The summed E-state index contributed by atoms with van der Waals surface area (Å²) in [6.07, 6.45) is 0. The molecule has 0 aromatic rings. The summed E-state index contributed by atoms with van der Waals surface area (Å²) in [5.41, 5.74) is -1.19. The van der Waals surface area contributed by atoms with E-state index in [0.717, 1.165) is 0 Å². The van der Waals surface area contributed by atoms with Crippen molar-refractivity contribution in [3.63, 3.8) is 0 Å². The fourth-order valence-corrected chi connectivity index (χ4v) is 0. The number of hydrogen-bond donors (Lipinski definition) is 2. The molecule has 2 N–H and O–H groups in total. The number of carboxylic acids is 1. The van der Waals surface area contributed by atoms with Gasteiger partial charge in [-0.25, -0.2) is 9.59 Å². The highest BCUT2D eigenvalue weighted by Gasteiger charge is 1.90. The molecule has 0 saturated carbocycles. The van der Waals surface area contributed by atoms with Crippen molar-refractivity contribution >= 4 is 23.0 Å². The molecular weight excluding hydrogens is 160 g/mol. The van der Waals surface area contributed by atoms with Gasteiger partial charge in [-0.3, -0.25) is 0 Å². The van der Waals surface area contributed by atoms with E-state index in [1.807, 2.05) is 0 Å². The van der Waals surface area contributed by atoms with Crippen LogP contribution in [0.3, 0.4) is 0 Å². The van der Waals surface area contributed by atoms with Crippen LogP contribution in [0.25, 0.3) is 0 Å². The van der Waals surface area contributed by atoms with Crippen LogP contribution in [-0.2, 0) is 4.79 Å². The Bertz CT molecular complexity index is 136. The van der Waals surface area contributed by atoms with E-state index in [1.165, 1.54) is 6.92 Å². The SMILES string of the molecule is C=C(C)C(=O)O.O=C(O)Cl. The predicted octanol–water partition coefficient (Wildman–Crippen LogP) is 1.55. The third kappa shape index (κ3) is 28.2. The molecule has 0 atom stereocenters. The van der Waals surface area contributed by atoms with Gasteiger partial charge in [0.15, 0.2) is 0 Å². The van der Waals surface area contributed by atoms with Gasteiger partial charge < -0.3 is 10.2 Å². The van der Waals surface area contributed by atoms with E-state index in [0.29, 0.717) is 0 Å². The van der Waals surface area contributed by atoms with Crippen LogP contribution in [0.5, 0.6) is 0 Å². The first-order valence-electron chi connectivity index (χ1n) is 2.15. The maximum atomic E-state index is 9.60. The number of halogens is 1. The molecule has 0 bridgehead atoms. The fraction of sp³-hybridized carbons (Fsp3) is 0.200. The zero-order chi connectivity index (χ0) is 8.73. The van der Waals surface area contributed by atoms with Crippen LogP contribution in [0.1, 0.15) is 6.92 Å². The van der Waals surface area contributed by atoms with E-state index in [9.17, 15) is 4.79 Å². The number of carbonyl (C=O) groups is 2. The molecule has 0 heterocycles. The second-order valence-electron chi connectivity index (χ2n) is 1.34. The van der Waals surface area contributed by atoms with E-state index in [4.69, 9.17) is 15.0 Å². The Morgan fingerprint density at radius 2 is 1.50 bits per heavy atom.